The minimum absolute atomic E-state index is 0.492. The quantitative estimate of drug-likeness (QED) is 0.144. The van der Waals surface area contributed by atoms with Crippen molar-refractivity contribution >= 4 is 21.8 Å². The number of ether oxygens (including phenoxy) is 1. The molecule has 11 aromatic rings. The molecular weight excluding hydrogens is 763 g/mol. The Morgan fingerprint density at radius 2 is 0.661 bits per heavy atom. The van der Waals surface area contributed by atoms with Crippen LogP contribution in [0.4, 0.5) is 0 Å². The van der Waals surface area contributed by atoms with E-state index in [-0.39, 0.29) is 0 Å². The van der Waals surface area contributed by atoms with E-state index >= 15 is 0 Å². The first-order valence-corrected chi connectivity index (χ1v) is 20.4. The molecule has 3 aromatic heterocycles. The van der Waals surface area contributed by atoms with E-state index < -0.39 is 0 Å². The first kappa shape index (κ1) is 36.5. The average Bonchev–Trinajstić information content (AvgIpc) is 3.69. The molecule has 0 aliphatic carbocycles. The van der Waals surface area contributed by atoms with Crippen LogP contribution in [0.5, 0.6) is 11.5 Å². The monoisotopic (exact) mass is 797 g/mol. The summed E-state index contributed by atoms with van der Waals surface area (Å²) in [6.07, 6.45) is 0. The van der Waals surface area contributed by atoms with Crippen LogP contribution in [0.2, 0.25) is 0 Å². The predicted molar refractivity (Wildman–Crippen MR) is 247 cm³/mol. The summed E-state index contributed by atoms with van der Waals surface area (Å²) in [6.45, 7) is 0. The second kappa shape index (κ2) is 15.9. The van der Waals surface area contributed by atoms with Gasteiger partial charge in [0.15, 0.2) is 29.1 Å². The maximum absolute atomic E-state index is 6.64. The number of benzene rings is 8. The maximum Gasteiger partial charge on any atom is 0.238 e. The third-order valence-electron chi connectivity index (χ3n) is 10.8. The second-order valence-electron chi connectivity index (χ2n) is 14.8. The number of hydrogen-bond acceptors (Lipinski definition) is 7. The molecule has 11 rings (SSSR count). The first-order valence-electron chi connectivity index (χ1n) is 20.4. The largest absolute Gasteiger partial charge is 0.457 e. The summed E-state index contributed by atoms with van der Waals surface area (Å²) in [5.41, 5.74) is 8.54. The fraction of sp³-hybridized carbons (Fsp3) is 0. The van der Waals surface area contributed by atoms with Crippen molar-refractivity contribution in [2.75, 3.05) is 0 Å². The van der Waals surface area contributed by atoms with E-state index in [1.54, 1.807) is 0 Å². The van der Waals surface area contributed by atoms with Crippen molar-refractivity contribution in [2.24, 2.45) is 0 Å². The Morgan fingerprint density at radius 1 is 0.290 bits per heavy atom. The van der Waals surface area contributed by atoms with Gasteiger partial charge in [0.1, 0.15) is 11.5 Å². The lowest BCUT2D eigenvalue weighted by Crippen LogP contribution is -2.06. The molecule has 292 valence electrons. The van der Waals surface area contributed by atoms with Crippen molar-refractivity contribution in [1.82, 2.24) is 34.5 Å². The Hall–Kier alpha value is -8.62. The van der Waals surface area contributed by atoms with Crippen LogP contribution >= 0.6 is 0 Å². The van der Waals surface area contributed by atoms with E-state index in [1.807, 2.05) is 140 Å². The normalized spacial score (nSPS) is 11.2. The molecule has 8 aromatic carbocycles. The highest BCUT2D eigenvalue weighted by molar-refractivity contribution is 6.09. The molecule has 0 atom stereocenters. The molecule has 8 heteroatoms. The zero-order valence-corrected chi connectivity index (χ0v) is 33.2. The molecular formula is C54H35N7O. The topological polar surface area (TPSA) is 91.5 Å². The van der Waals surface area contributed by atoms with Gasteiger partial charge in [0, 0.05) is 33.0 Å². The molecule has 0 saturated carbocycles. The zero-order valence-electron chi connectivity index (χ0n) is 33.2. The van der Waals surface area contributed by atoms with Crippen molar-refractivity contribution < 1.29 is 4.74 Å². The number of hydrogen-bond donors (Lipinski definition) is 0. The van der Waals surface area contributed by atoms with Crippen LogP contribution in [0.15, 0.2) is 212 Å². The summed E-state index contributed by atoms with van der Waals surface area (Å²) < 4.78 is 8.76. The van der Waals surface area contributed by atoms with E-state index in [1.165, 1.54) is 0 Å². The van der Waals surface area contributed by atoms with Gasteiger partial charge >= 0.3 is 0 Å². The molecule has 0 aliphatic heterocycles. The molecule has 8 nitrogen and oxygen atoms in total. The van der Waals surface area contributed by atoms with Gasteiger partial charge in [-0.2, -0.15) is 9.97 Å². The van der Waals surface area contributed by atoms with Crippen molar-refractivity contribution in [1.29, 1.82) is 0 Å². The number of rotatable bonds is 9. The van der Waals surface area contributed by atoms with Gasteiger partial charge in [0.2, 0.25) is 5.95 Å². The van der Waals surface area contributed by atoms with E-state index in [0.717, 1.165) is 60.8 Å². The summed E-state index contributed by atoms with van der Waals surface area (Å²) in [6, 6.07) is 70.9. The Kier molecular flexibility index (Phi) is 9.33. The van der Waals surface area contributed by atoms with Gasteiger partial charge < -0.3 is 4.74 Å². The van der Waals surface area contributed by atoms with Gasteiger partial charge in [-0.05, 0) is 59.7 Å². The minimum atomic E-state index is 0.492. The SMILES string of the molecule is c1ccc(-c2ccc(-c3nc(-c4ccccc4)nc(-c4ccc(Oc5ccccc5-c5nc(-c6ccccc6)nc(-n6c7ccccc7c7ccccc76)n5)cc4)n3)cc2)cc1. The zero-order chi connectivity index (χ0) is 41.2. The highest BCUT2D eigenvalue weighted by Crippen LogP contribution is 2.36. The number of fused-ring (bicyclic) bond motifs is 3. The summed E-state index contributed by atoms with van der Waals surface area (Å²) >= 11 is 0. The van der Waals surface area contributed by atoms with Crippen molar-refractivity contribution in [3.63, 3.8) is 0 Å². The molecule has 62 heavy (non-hydrogen) atoms. The molecule has 0 bridgehead atoms. The van der Waals surface area contributed by atoms with Crippen molar-refractivity contribution in [3.05, 3.63) is 212 Å². The van der Waals surface area contributed by atoms with Crippen molar-refractivity contribution in [2.45, 2.75) is 0 Å². The van der Waals surface area contributed by atoms with Crippen LogP contribution in [0.1, 0.15) is 0 Å². The van der Waals surface area contributed by atoms with Gasteiger partial charge in [-0.3, -0.25) is 4.57 Å². The van der Waals surface area contributed by atoms with Gasteiger partial charge in [-0.25, -0.2) is 19.9 Å². The average molecular weight is 798 g/mol. The highest BCUT2D eigenvalue weighted by Gasteiger charge is 2.20. The standard InChI is InChI=1S/C54H35N7O/c1-4-16-36(17-5-1)37-28-30-40(31-29-37)50-55-49(38-18-6-2-7-19-38)56-51(57-50)41-32-34-42(35-33-41)62-48-27-15-12-24-45(48)53-58-52(39-20-8-3-9-21-39)59-54(60-53)61-46-25-13-10-22-43(46)44-23-11-14-26-47(44)61/h1-35H. The summed E-state index contributed by atoms with van der Waals surface area (Å²) in [5, 5.41) is 2.25. The molecule has 0 N–H and O–H groups in total. The number of aromatic nitrogens is 7. The minimum Gasteiger partial charge on any atom is -0.457 e. The molecule has 0 amide bonds. The first-order chi connectivity index (χ1) is 30.7. The molecule has 0 saturated heterocycles. The summed E-state index contributed by atoms with van der Waals surface area (Å²) in [5.74, 6) is 4.56. The lowest BCUT2D eigenvalue weighted by Gasteiger charge is -2.14. The van der Waals surface area contributed by atoms with Gasteiger partial charge in [-0.1, -0.05) is 164 Å². The van der Waals surface area contributed by atoms with E-state index in [0.29, 0.717) is 46.6 Å². The van der Waals surface area contributed by atoms with Crippen LogP contribution in [0, 0.1) is 0 Å². The molecule has 0 aliphatic rings. The fourth-order valence-electron chi connectivity index (χ4n) is 7.77. The van der Waals surface area contributed by atoms with Crippen LogP contribution < -0.4 is 4.74 Å². The molecule has 0 radical (unpaired) electrons. The molecule has 3 heterocycles. The number of para-hydroxylation sites is 3. The molecule has 0 fully saturated rings. The Bertz CT molecular complexity index is 3300. The van der Waals surface area contributed by atoms with E-state index in [2.05, 4.69) is 77.4 Å². The Balaban J connectivity index is 0.955. The third kappa shape index (κ3) is 7.01. The van der Waals surface area contributed by atoms with Crippen LogP contribution in [-0.2, 0) is 0 Å². The van der Waals surface area contributed by atoms with Crippen LogP contribution in [-0.4, -0.2) is 34.5 Å². The van der Waals surface area contributed by atoms with Gasteiger partial charge in [-0.15, -0.1) is 0 Å². The summed E-state index contributed by atoms with van der Waals surface area (Å²) in [7, 11) is 0. The molecule has 0 unspecified atom stereocenters. The van der Waals surface area contributed by atoms with Gasteiger partial charge in [0.05, 0.1) is 16.6 Å². The maximum atomic E-state index is 6.64. The lowest BCUT2D eigenvalue weighted by atomic mass is 10.0. The van der Waals surface area contributed by atoms with Crippen LogP contribution in [0.25, 0.3) is 95.8 Å². The van der Waals surface area contributed by atoms with Gasteiger partial charge in [0.25, 0.3) is 0 Å². The fourth-order valence-corrected chi connectivity index (χ4v) is 7.77. The van der Waals surface area contributed by atoms with E-state index in [9.17, 15) is 0 Å². The third-order valence-corrected chi connectivity index (χ3v) is 10.8. The summed E-state index contributed by atoms with van der Waals surface area (Å²) in [4.78, 5) is 30.1. The Labute approximate surface area is 357 Å². The highest BCUT2D eigenvalue weighted by atomic mass is 16.5. The predicted octanol–water partition coefficient (Wildman–Crippen LogP) is 12.9. The second-order valence-corrected chi connectivity index (χ2v) is 14.8. The molecule has 0 spiro atoms. The Morgan fingerprint density at radius 3 is 1.23 bits per heavy atom. The lowest BCUT2D eigenvalue weighted by molar-refractivity contribution is 0.484. The number of nitrogens with zero attached hydrogens (tertiary/aromatic N) is 7. The van der Waals surface area contributed by atoms with E-state index in [4.69, 9.17) is 34.6 Å². The smallest absolute Gasteiger partial charge is 0.238 e. The van der Waals surface area contributed by atoms with Crippen LogP contribution in [0.3, 0.4) is 0 Å². The van der Waals surface area contributed by atoms with Crippen molar-refractivity contribution in [3.8, 4) is 85.5 Å².